The van der Waals surface area contributed by atoms with Crippen LogP contribution in [0.5, 0.6) is 0 Å². The fourth-order valence-electron chi connectivity index (χ4n) is 4.02. The number of pyridine rings is 1. The summed E-state index contributed by atoms with van der Waals surface area (Å²) >= 11 is 0. The molecule has 3 aromatic heterocycles. The minimum atomic E-state index is -0.728. The number of rotatable bonds is 1. The van der Waals surface area contributed by atoms with E-state index >= 15 is 0 Å². The quantitative estimate of drug-likeness (QED) is 0.427. The summed E-state index contributed by atoms with van der Waals surface area (Å²) in [7, 11) is 0. The van der Waals surface area contributed by atoms with Gasteiger partial charge in [-0.3, -0.25) is 0 Å². The Morgan fingerprint density at radius 2 is 2.06 bits per heavy atom. The lowest BCUT2D eigenvalue weighted by atomic mass is 9.93. The molecular formula is C24H20FN7. The summed E-state index contributed by atoms with van der Waals surface area (Å²) < 4.78 is 16.0. The molecule has 0 spiro atoms. The maximum Gasteiger partial charge on any atom is 0.258 e. The molecule has 4 heterocycles. The molecular weight excluding hydrogens is 405 g/mol. The van der Waals surface area contributed by atoms with Crippen molar-refractivity contribution in [3.8, 4) is 17.9 Å². The number of halogens is 1. The standard InChI is InChI=1S/C24H20FN7/c1-15-29-30-23-28-22(19-12-17(25)13-27-21(19)32(15)23)31-11-5-7-18-16(6-4-8-20(18)31)9-10-24(2,3)14-26/h4,6,8,12-13H,5,7,11H2,1-3H3. The van der Waals surface area contributed by atoms with E-state index < -0.39 is 11.2 Å². The molecule has 0 amide bonds. The third kappa shape index (κ3) is 3.21. The van der Waals surface area contributed by atoms with Crippen LogP contribution in [-0.2, 0) is 6.42 Å². The van der Waals surface area contributed by atoms with Gasteiger partial charge in [-0.25, -0.2) is 13.8 Å². The molecule has 158 valence electrons. The number of benzene rings is 1. The predicted octanol–water partition coefficient (Wildman–Crippen LogP) is 4.11. The molecule has 0 N–H and O–H groups in total. The van der Waals surface area contributed by atoms with Gasteiger partial charge in [0.1, 0.15) is 22.9 Å². The SMILES string of the molecule is Cc1nnc2nc(N3CCCc4c(C#CC(C)(C)C#N)cccc43)c3cc(F)cnc3n12. The van der Waals surface area contributed by atoms with E-state index in [9.17, 15) is 9.65 Å². The second-order valence-corrected chi connectivity index (χ2v) is 8.39. The lowest BCUT2D eigenvalue weighted by molar-refractivity contribution is 0.623. The van der Waals surface area contributed by atoms with Gasteiger partial charge in [0.25, 0.3) is 5.78 Å². The van der Waals surface area contributed by atoms with Crippen molar-refractivity contribution >= 4 is 28.3 Å². The summed E-state index contributed by atoms with van der Waals surface area (Å²) in [5.74, 6) is 7.49. The molecule has 0 bridgehead atoms. The first-order valence-corrected chi connectivity index (χ1v) is 10.4. The van der Waals surface area contributed by atoms with E-state index in [1.54, 1.807) is 18.2 Å². The van der Waals surface area contributed by atoms with Gasteiger partial charge in [0, 0.05) is 17.8 Å². The Bertz CT molecular complexity index is 1480. The molecule has 0 saturated heterocycles. The highest BCUT2D eigenvalue weighted by atomic mass is 19.1. The van der Waals surface area contributed by atoms with Crippen molar-refractivity contribution in [2.24, 2.45) is 5.41 Å². The summed E-state index contributed by atoms with van der Waals surface area (Å²) in [5, 5.41) is 18.2. The number of nitriles is 1. The highest BCUT2D eigenvalue weighted by Crippen LogP contribution is 2.37. The fraction of sp³-hybridized carbons (Fsp3) is 0.292. The van der Waals surface area contributed by atoms with Gasteiger partial charge in [0.05, 0.1) is 17.7 Å². The number of anilines is 2. The van der Waals surface area contributed by atoms with E-state index in [2.05, 4.69) is 38.0 Å². The molecule has 4 aromatic rings. The van der Waals surface area contributed by atoms with Crippen LogP contribution in [0.2, 0.25) is 0 Å². The summed E-state index contributed by atoms with van der Waals surface area (Å²) in [6.07, 6.45) is 2.94. The Labute approximate surface area is 184 Å². The van der Waals surface area contributed by atoms with Gasteiger partial charge in [-0.1, -0.05) is 17.9 Å². The summed E-state index contributed by atoms with van der Waals surface area (Å²) in [6.45, 7) is 6.13. The van der Waals surface area contributed by atoms with Crippen molar-refractivity contribution in [1.29, 1.82) is 5.26 Å². The van der Waals surface area contributed by atoms with E-state index in [0.717, 1.165) is 36.2 Å². The molecule has 8 heteroatoms. The van der Waals surface area contributed by atoms with Crippen molar-refractivity contribution in [2.45, 2.75) is 33.6 Å². The normalized spacial score (nSPS) is 13.5. The minimum absolute atomic E-state index is 0.419. The Kier molecular flexibility index (Phi) is 4.53. The number of aryl methyl sites for hydroxylation is 1. The fourth-order valence-corrected chi connectivity index (χ4v) is 4.02. The molecule has 0 atom stereocenters. The average molecular weight is 425 g/mol. The lowest BCUT2D eigenvalue weighted by Crippen LogP contribution is -2.26. The van der Waals surface area contributed by atoms with Crippen molar-refractivity contribution in [3.63, 3.8) is 0 Å². The van der Waals surface area contributed by atoms with Crippen LogP contribution in [-0.4, -0.2) is 31.1 Å². The summed E-state index contributed by atoms with van der Waals surface area (Å²) in [4.78, 5) is 11.1. The molecule has 7 nitrogen and oxygen atoms in total. The van der Waals surface area contributed by atoms with Gasteiger partial charge >= 0.3 is 0 Å². The van der Waals surface area contributed by atoms with Gasteiger partial charge in [-0.15, -0.1) is 10.2 Å². The number of hydrogen-bond donors (Lipinski definition) is 0. The second-order valence-electron chi connectivity index (χ2n) is 8.39. The smallest absolute Gasteiger partial charge is 0.258 e. The molecule has 0 saturated carbocycles. The van der Waals surface area contributed by atoms with Gasteiger partial charge < -0.3 is 4.90 Å². The molecule has 0 aliphatic carbocycles. The molecule has 1 aliphatic heterocycles. The van der Waals surface area contributed by atoms with Crippen molar-refractivity contribution in [1.82, 2.24) is 24.6 Å². The largest absolute Gasteiger partial charge is 0.325 e. The first-order valence-electron chi connectivity index (χ1n) is 10.4. The van der Waals surface area contributed by atoms with Crippen LogP contribution in [0.25, 0.3) is 16.8 Å². The van der Waals surface area contributed by atoms with Crippen LogP contribution in [0, 0.1) is 41.3 Å². The summed E-state index contributed by atoms with van der Waals surface area (Å²) in [5.41, 5.74) is 2.79. The molecule has 0 fully saturated rings. The molecule has 0 radical (unpaired) electrons. The molecule has 5 rings (SSSR count). The van der Waals surface area contributed by atoms with Gasteiger partial charge in [-0.2, -0.15) is 10.2 Å². The van der Waals surface area contributed by atoms with Crippen LogP contribution >= 0.6 is 0 Å². The number of fused-ring (bicyclic) bond motifs is 4. The third-order valence-corrected chi connectivity index (χ3v) is 5.60. The Balaban J connectivity index is 1.73. The van der Waals surface area contributed by atoms with Crippen LogP contribution < -0.4 is 4.90 Å². The maximum absolute atomic E-state index is 14.2. The number of nitrogens with zero attached hydrogens (tertiary/aromatic N) is 7. The maximum atomic E-state index is 14.2. The highest BCUT2D eigenvalue weighted by Gasteiger charge is 2.25. The van der Waals surface area contributed by atoms with Crippen LogP contribution in [0.4, 0.5) is 15.9 Å². The second kappa shape index (κ2) is 7.28. The first kappa shape index (κ1) is 19.9. The predicted molar refractivity (Wildman–Crippen MR) is 119 cm³/mol. The van der Waals surface area contributed by atoms with Gasteiger partial charge in [-0.05, 0) is 57.4 Å². The zero-order chi connectivity index (χ0) is 22.5. The lowest BCUT2D eigenvalue weighted by Gasteiger charge is -2.31. The van der Waals surface area contributed by atoms with Crippen LogP contribution in [0.15, 0.2) is 30.5 Å². The van der Waals surface area contributed by atoms with E-state index in [1.807, 2.05) is 25.1 Å². The van der Waals surface area contributed by atoms with E-state index in [-0.39, 0.29) is 0 Å². The first-order chi connectivity index (χ1) is 15.4. The third-order valence-electron chi connectivity index (χ3n) is 5.60. The van der Waals surface area contributed by atoms with E-state index in [4.69, 9.17) is 4.98 Å². The molecule has 1 aromatic carbocycles. The Morgan fingerprint density at radius 3 is 2.88 bits per heavy atom. The number of hydrogen-bond acceptors (Lipinski definition) is 6. The van der Waals surface area contributed by atoms with E-state index in [1.165, 1.54) is 12.3 Å². The molecule has 32 heavy (non-hydrogen) atoms. The van der Waals surface area contributed by atoms with Crippen molar-refractivity contribution < 1.29 is 4.39 Å². The summed E-state index contributed by atoms with van der Waals surface area (Å²) in [6, 6.07) is 9.62. The zero-order valence-electron chi connectivity index (χ0n) is 18.0. The van der Waals surface area contributed by atoms with E-state index in [0.29, 0.717) is 28.5 Å². The van der Waals surface area contributed by atoms with Gasteiger partial charge in [0.2, 0.25) is 0 Å². The van der Waals surface area contributed by atoms with Gasteiger partial charge in [0.15, 0.2) is 5.65 Å². The average Bonchev–Trinajstić information content (AvgIpc) is 3.17. The Morgan fingerprint density at radius 1 is 1.22 bits per heavy atom. The number of aromatic nitrogens is 5. The van der Waals surface area contributed by atoms with Crippen molar-refractivity contribution in [3.05, 3.63) is 53.2 Å². The molecule has 1 aliphatic rings. The highest BCUT2D eigenvalue weighted by molar-refractivity contribution is 5.92. The minimum Gasteiger partial charge on any atom is -0.325 e. The van der Waals surface area contributed by atoms with Crippen LogP contribution in [0.1, 0.15) is 37.2 Å². The van der Waals surface area contributed by atoms with Crippen LogP contribution in [0.3, 0.4) is 0 Å². The monoisotopic (exact) mass is 425 g/mol. The Hall–Kier alpha value is -4.04. The van der Waals surface area contributed by atoms with Crippen molar-refractivity contribution in [2.75, 3.05) is 11.4 Å². The zero-order valence-corrected chi connectivity index (χ0v) is 18.0. The molecule has 0 unspecified atom stereocenters. The topological polar surface area (TPSA) is 83.0 Å².